The molecule has 2 heterocycles. The molecule has 0 amide bonds. The molecule has 1 saturated heterocycles. The lowest BCUT2D eigenvalue weighted by molar-refractivity contribution is -0.0314. The van der Waals surface area contributed by atoms with Gasteiger partial charge in [0.25, 0.3) is 0 Å². The summed E-state index contributed by atoms with van der Waals surface area (Å²) < 4.78 is 12.7. The number of methoxy groups -OCH3 is 1. The average Bonchev–Trinajstić information content (AvgIpc) is 2.75. The van der Waals surface area contributed by atoms with E-state index in [1.807, 2.05) is 18.2 Å². The number of imidazole rings is 1. The number of para-hydroxylation sites is 1. The lowest BCUT2D eigenvalue weighted by Crippen LogP contribution is -2.27. The topological polar surface area (TPSA) is 56.2 Å². The molecule has 3 rings (SSSR count). The molecule has 0 spiro atoms. The molecule has 1 unspecified atom stereocenters. The Kier molecular flexibility index (Phi) is 2.83. The van der Waals surface area contributed by atoms with Gasteiger partial charge in [0.2, 0.25) is 0 Å². The number of aromatic nitrogens is 2. The van der Waals surface area contributed by atoms with Crippen LogP contribution in [0, 0.1) is 0 Å². The number of nitrogens with one attached hydrogen (secondary N) is 1. The first-order chi connectivity index (χ1) is 8.81. The zero-order chi connectivity index (χ0) is 12.5. The van der Waals surface area contributed by atoms with Gasteiger partial charge < -0.3 is 14.5 Å². The summed E-state index contributed by atoms with van der Waals surface area (Å²) in [6.45, 7) is 0.707. The van der Waals surface area contributed by atoms with Crippen LogP contribution in [0.1, 0.15) is 25.5 Å². The van der Waals surface area contributed by atoms with Crippen molar-refractivity contribution in [2.24, 2.45) is 0 Å². The second kappa shape index (κ2) is 4.49. The van der Waals surface area contributed by atoms with Crippen molar-refractivity contribution < 1.29 is 9.47 Å². The maximum Gasteiger partial charge on any atom is 0.328 e. The van der Waals surface area contributed by atoms with E-state index in [1.165, 1.54) is 0 Å². The number of H-pyrrole nitrogens is 1. The number of hydrogen-bond donors (Lipinski definition) is 1. The first-order valence-electron chi connectivity index (χ1n) is 6.20. The van der Waals surface area contributed by atoms with E-state index in [9.17, 15) is 4.79 Å². The number of fused-ring (bicyclic) bond motifs is 1. The van der Waals surface area contributed by atoms with E-state index in [4.69, 9.17) is 9.47 Å². The Balaban J connectivity index is 2.20. The molecule has 1 N–H and O–H groups in total. The molecule has 1 fully saturated rings. The molecule has 1 atom stereocenters. The van der Waals surface area contributed by atoms with Gasteiger partial charge in [-0.15, -0.1) is 0 Å². The number of aromatic amines is 1. The lowest BCUT2D eigenvalue weighted by Gasteiger charge is -2.24. The summed E-state index contributed by atoms with van der Waals surface area (Å²) in [5, 5.41) is 0. The third-order valence-electron chi connectivity index (χ3n) is 3.36. The van der Waals surface area contributed by atoms with Crippen LogP contribution >= 0.6 is 0 Å². The Bertz CT molecular complexity index is 608. The molecule has 96 valence electrons. The first kappa shape index (κ1) is 11.3. The monoisotopic (exact) mass is 248 g/mol. The second-order valence-corrected chi connectivity index (χ2v) is 4.48. The number of benzene rings is 1. The quantitative estimate of drug-likeness (QED) is 0.884. The van der Waals surface area contributed by atoms with Crippen LogP contribution in [0.2, 0.25) is 0 Å². The Hall–Kier alpha value is -1.75. The van der Waals surface area contributed by atoms with E-state index in [2.05, 4.69) is 4.98 Å². The maximum atomic E-state index is 12.1. The fourth-order valence-electron chi connectivity index (χ4n) is 2.52. The number of ether oxygens (including phenoxy) is 2. The van der Waals surface area contributed by atoms with Crippen molar-refractivity contribution >= 4 is 11.0 Å². The van der Waals surface area contributed by atoms with Gasteiger partial charge in [0.1, 0.15) is 17.5 Å². The van der Waals surface area contributed by atoms with Gasteiger partial charge in [0.05, 0.1) is 12.6 Å². The summed E-state index contributed by atoms with van der Waals surface area (Å²) >= 11 is 0. The Morgan fingerprint density at radius 1 is 1.44 bits per heavy atom. The van der Waals surface area contributed by atoms with Crippen molar-refractivity contribution in [3.05, 3.63) is 28.7 Å². The van der Waals surface area contributed by atoms with Crippen LogP contribution in [0.25, 0.3) is 11.0 Å². The van der Waals surface area contributed by atoms with Crippen LogP contribution < -0.4 is 10.4 Å². The molecule has 5 nitrogen and oxygen atoms in total. The predicted octanol–water partition coefficient (Wildman–Crippen LogP) is 2.04. The third-order valence-corrected chi connectivity index (χ3v) is 3.36. The molecule has 18 heavy (non-hydrogen) atoms. The van der Waals surface area contributed by atoms with Crippen LogP contribution in [0.4, 0.5) is 0 Å². The van der Waals surface area contributed by atoms with E-state index in [1.54, 1.807) is 11.7 Å². The second-order valence-electron chi connectivity index (χ2n) is 4.48. The molecule has 0 radical (unpaired) electrons. The molecule has 0 aliphatic carbocycles. The van der Waals surface area contributed by atoms with Gasteiger partial charge in [0, 0.05) is 6.61 Å². The summed E-state index contributed by atoms with van der Waals surface area (Å²) in [5.74, 6) is 0.694. The largest absolute Gasteiger partial charge is 0.494 e. The number of nitrogens with zero attached hydrogens (tertiary/aromatic N) is 1. The van der Waals surface area contributed by atoms with Crippen LogP contribution in [-0.2, 0) is 4.74 Å². The zero-order valence-corrected chi connectivity index (χ0v) is 10.3. The molecule has 0 saturated carbocycles. The lowest BCUT2D eigenvalue weighted by atomic mass is 10.2. The highest BCUT2D eigenvalue weighted by Gasteiger charge is 2.22. The van der Waals surface area contributed by atoms with E-state index in [0.717, 1.165) is 30.3 Å². The molecule has 1 aromatic carbocycles. The minimum absolute atomic E-state index is 0.138. The summed E-state index contributed by atoms with van der Waals surface area (Å²) in [4.78, 5) is 14.9. The minimum Gasteiger partial charge on any atom is -0.494 e. The summed E-state index contributed by atoms with van der Waals surface area (Å²) in [6, 6.07) is 5.59. The van der Waals surface area contributed by atoms with Gasteiger partial charge in [-0.3, -0.25) is 4.57 Å². The highest BCUT2D eigenvalue weighted by atomic mass is 16.5. The van der Waals surface area contributed by atoms with Gasteiger partial charge in [-0.1, -0.05) is 6.07 Å². The van der Waals surface area contributed by atoms with Crippen molar-refractivity contribution in [2.45, 2.75) is 25.5 Å². The minimum atomic E-state index is -0.184. The third kappa shape index (κ3) is 1.71. The van der Waals surface area contributed by atoms with Gasteiger partial charge in [-0.2, -0.15) is 0 Å². The molecule has 1 aliphatic rings. The Labute approximate surface area is 104 Å². The van der Waals surface area contributed by atoms with Crippen LogP contribution in [0.15, 0.2) is 23.0 Å². The van der Waals surface area contributed by atoms with Crippen molar-refractivity contribution in [1.82, 2.24) is 9.55 Å². The van der Waals surface area contributed by atoms with Gasteiger partial charge in [0.15, 0.2) is 0 Å². The normalized spacial score (nSPS) is 20.2. The van der Waals surface area contributed by atoms with Crippen molar-refractivity contribution in [1.29, 1.82) is 0 Å². The van der Waals surface area contributed by atoms with Crippen molar-refractivity contribution in [2.75, 3.05) is 13.7 Å². The highest BCUT2D eigenvalue weighted by molar-refractivity contribution is 5.82. The molecule has 5 heteroatoms. The molecule has 1 aromatic heterocycles. The summed E-state index contributed by atoms with van der Waals surface area (Å²) in [6.07, 6.45) is 2.82. The van der Waals surface area contributed by atoms with Crippen LogP contribution in [0.5, 0.6) is 5.75 Å². The number of hydrogen-bond acceptors (Lipinski definition) is 3. The van der Waals surface area contributed by atoms with Crippen molar-refractivity contribution in [3.8, 4) is 5.75 Å². The zero-order valence-electron chi connectivity index (χ0n) is 10.3. The van der Waals surface area contributed by atoms with Gasteiger partial charge in [-0.25, -0.2) is 4.79 Å². The Morgan fingerprint density at radius 2 is 2.33 bits per heavy atom. The average molecular weight is 248 g/mol. The molecule has 2 aromatic rings. The molecule has 0 bridgehead atoms. The summed E-state index contributed by atoms with van der Waals surface area (Å²) in [5.41, 5.74) is 1.44. The van der Waals surface area contributed by atoms with E-state index in [-0.39, 0.29) is 11.9 Å². The van der Waals surface area contributed by atoms with Crippen molar-refractivity contribution in [3.63, 3.8) is 0 Å². The highest BCUT2D eigenvalue weighted by Crippen LogP contribution is 2.29. The van der Waals surface area contributed by atoms with Crippen LogP contribution in [-0.4, -0.2) is 23.3 Å². The van der Waals surface area contributed by atoms with E-state index >= 15 is 0 Å². The van der Waals surface area contributed by atoms with E-state index in [0.29, 0.717) is 12.4 Å². The molecular weight excluding hydrogens is 232 g/mol. The fourth-order valence-corrected chi connectivity index (χ4v) is 2.52. The van der Waals surface area contributed by atoms with Gasteiger partial charge in [-0.05, 0) is 31.4 Å². The number of rotatable bonds is 2. The molecular formula is C13H16N2O3. The molecule has 1 aliphatic heterocycles. The van der Waals surface area contributed by atoms with E-state index < -0.39 is 0 Å². The predicted molar refractivity (Wildman–Crippen MR) is 68.0 cm³/mol. The van der Waals surface area contributed by atoms with Gasteiger partial charge >= 0.3 is 5.69 Å². The SMILES string of the molecule is COc1cccc2[nH]c(=O)n(C3CCCCO3)c12. The standard InChI is InChI=1S/C13H16N2O3/c1-17-10-6-4-5-9-12(10)15(13(16)14-9)11-7-2-3-8-18-11/h4-6,11H,2-3,7-8H2,1H3,(H,14,16). The maximum absolute atomic E-state index is 12.1. The Morgan fingerprint density at radius 3 is 3.06 bits per heavy atom. The van der Waals surface area contributed by atoms with Crippen LogP contribution in [0.3, 0.4) is 0 Å². The summed E-state index contributed by atoms with van der Waals surface area (Å²) in [7, 11) is 1.61. The fraction of sp³-hybridized carbons (Fsp3) is 0.462. The first-order valence-corrected chi connectivity index (χ1v) is 6.20. The smallest absolute Gasteiger partial charge is 0.328 e.